The van der Waals surface area contributed by atoms with Crippen molar-refractivity contribution in [1.29, 1.82) is 0 Å². The maximum absolute atomic E-state index is 11.8. The van der Waals surface area contributed by atoms with Crippen LogP contribution in [0.4, 0.5) is 5.82 Å². The topological polar surface area (TPSA) is 90.7 Å². The van der Waals surface area contributed by atoms with Gasteiger partial charge in [-0.05, 0) is 22.0 Å². The molecule has 96 valence electrons. The zero-order chi connectivity index (χ0) is 13.3. The Morgan fingerprint density at radius 3 is 2.89 bits per heavy atom. The second-order valence-corrected chi connectivity index (χ2v) is 5.00. The molecule has 2 rings (SSSR count). The lowest BCUT2D eigenvalue weighted by atomic mass is 10.1. The highest BCUT2D eigenvalue weighted by Gasteiger charge is 2.33. The molecule has 1 fully saturated rings. The SMILES string of the molecule is O=C(O)c1cc(Br)cnc1N1CC(CO)CC1=O. The minimum Gasteiger partial charge on any atom is -0.478 e. The number of aromatic nitrogens is 1. The fourth-order valence-electron chi connectivity index (χ4n) is 1.91. The normalized spacial score (nSPS) is 19.3. The molecule has 0 aliphatic carbocycles. The van der Waals surface area contributed by atoms with E-state index in [9.17, 15) is 9.59 Å². The van der Waals surface area contributed by atoms with Gasteiger partial charge in [0.1, 0.15) is 11.4 Å². The van der Waals surface area contributed by atoms with Crippen molar-refractivity contribution in [3.8, 4) is 0 Å². The Hall–Kier alpha value is -1.47. The van der Waals surface area contributed by atoms with Gasteiger partial charge in [0.15, 0.2) is 0 Å². The number of carbonyl (C=O) groups is 2. The first kappa shape index (κ1) is 13.0. The average Bonchev–Trinajstić information content (AvgIpc) is 2.70. The number of hydrogen-bond donors (Lipinski definition) is 2. The van der Waals surface area contributed by atoms with Crippen LogP contribution in [0.25, 0.3) is 0 Å². The Bertz CT molecular complexity index is 506. The van der Waals surface area contributed by atoms with E-state index in [2.05, 4.69) is 20.9 Å². The summed E-state index contributed by atoms with van der Waals surface area (Å²) in [6.07, 6.45) is 1.66. The predicted molar refractivity (Wildman–Crippen MR) is 66.4 cm³/mol. The minimum absolute atomic E-state index is 0.0312. The lowest BCUT2D eigenvalue weighted by Gasteiger charge is -2.17. The van der Waals surface area contributed by atoms with Crippen LogP contribution in [-0.4, -0.2) is 40.2 Å². The molecular weight excluding hydrogens is 304 g/mol. The lowest BCUT2D eigenvalue weighted by molar-refractivity contribution is -0.117. The monoisotopic (exact) mass is 314 g/mol. The van der Waals surface area contributed by atoms with E-state index in [4.69, 9.17) is 10.2 Å². The van der Waals surface area contributed by atoms with Crippen molar-refractivity contribution in [1.82, 2.24) is 4.98 Å². The summed E-state index contributed by atoms with van der Waals surface area (Å²) in [4.78, 5) is 28.2. The Kier molecular flexibility index (Phi) is 3.63. The average molecular weight is 315 g/mol. The van der Waals surface area contributed by atoms with Gasteiger partial charge in [-0.2, -0.15) is 0 Å². The molecule has 0 radical (unpaired) electrons. The Labute approximate surface area is 111 Å². The summed E-state index contributed by atoms with van der Waals surface area (Å²) in [7, 11) is 0. The number of pyridine rings is 1. The minimum atomic E-state index is -1.14. The van der Waals surface area contributed by atoms with E-state index in [1.54, 1.807) is 0 Å². The van der Waals surface area contributed by atoms with Gasteiger partial charge in [-0.1, -0.05) is 0 Å². The fraction of sp³-hybridized carbons (Fsp3) is 0.364. The molecule has 18 heavy (non-hydrogen) atoms. The fourth-order valence-corrected chi connectivity index (χ4v) is 2.24. The van der Waals surface area contributed by atoms with Crippen LogP contribution in [-0.2, 0) is 4.79 Å². The highest BCUT2D eigenvalue weighted by Crippen LogP contribution is 2.27. The standard InChI is InChI=1S/C11H11BrN2O4/c12-7-2-8(11(17)18)10(13-3-7)14-4-6(5-15)1-9(14)16/h2-3,6,15H,1,4-5H2,(H,17,18). The van der Waals surface area contributed by atoms with Gasteiger partial charge in [0.05, 0.1) is 0 Å². The zero-order valence-corrected chi connectivity index (χ0v) is 10.9. The first-order valence-electron chi connectivity index (χ1n) is 5.33. The van der Waals surface area contributed by atoms with Crippen molar-refractivity contribution < 1.29 is 19.8 Å². The highest BCUT2D eigenvalue weighted by atomic mass is 79.9. The number of aliphatic hydroxyl groups is 1. The van der Waals surface area contributed by atoms with Gasteiger partial charge in [-0.15, -0.1) is 0 Å². The number of anilines is 1. The summed E-state index contributed by atoms with van der Waals surface area (Å²) in [5.74, 6) is -1.39. The summed E-state index contributed by atoms with van der Waals surface area (Å²) in [6.45, 7) is 0.200. The first-order chi connectivity index (χ1) is 8.52. The van der Waals surface area contributed by atoms with Gasteiger partial charge in [0.25, 0.3) is 0 Å². The van der Waals surface area contributed by atoms with Crippen LogP contribution >= 0.6 is 15.9 Å². The molecule has 1 aliphatic rings. The van der Waals surface area contributed by atoms with Crippen LogP contribution in [0.1, 0.15) is 16.8 Å². The quantitative estimate of drug-likeness (QED) is 0.864. The lowest BCUT2D eigenvalue weighted by Crippen LogP contribution is -2.28. The van der Waals surface area contributed by atoms with Crippen molar-refractivity contribution in [3.63, 3.8) is 0 Å². The second kappa shape index (κ2) is 5.03. The van der Waals surface area contributed by atoms with E-state index in [1.807, 2.05) is 0 Å². The molecular formula is C11H11BrN2O4. The Morgan fingerprint density at radius 1 is 1.61 bits per heavy atom. The van der Waals surface area contributed by atoms with Crippen LogP contribution < -0.4 is 4.90 Å². The third-order valence-corrected chi connectivity index (χ3v) is 3.22. The van der Waals surface area contributed by atoms with Crippen molar-refractivity contribution in [3.05, 3.63) is 22.3 Å². The summed E-state index contributed by atoms with van der Waals surface area (Å²) in [5, 5.41) is 18.2. The van der Waals surface area contributed by atoms with Gasteiger partial charge in [0, 0.05) is 36.2 Å². The molecule has 2 heterocycles. The van der Waals surface area contributed by atoms with E-state index in [-0.39, 0.29) is 36.2 Å². The molecule has 1 aromatic rings. The summed E-state index contributed by atoms with van der Waals surface area (Å²) in [6, 6.07) is 1.41. The summed E-state index contributed by atoms with van der Waals surface area (Å²) in [5.41, 5.74) is -0.0312. The number of halogens is 1. The maximum atomic E-state index is 11.8. The van der Waals surface area contributed by atoms with Gasteiger partial charge in [-0.25, -0.2) is 9.78 Å². The molecule has 0 spiro atoms. The summed E-state index contributed by atoms with van der Waals surface area (Å²) < 4.78 is 0.536. The van der Waals surface area contributed by atoms with Gasteiger partial charge >= 0.3 is 5.97 Å². The number of carbonyl (C=O) groups excluding carboxylic acids is 1. The van der Waals surface area contributed by atoms with E-state index >= 15 is 0 Å². The highest BCUT2D eigenvalue weighted by molar-refractivity contribution is 9.10. The molecule has 1 amide bonds. The molecule has 1 unspecified atom stereocenters. The van der Waals surface area contributed by atoms with Crippen LogP contribution in [0, 0.1) is 5.92 Å². The van der Waals surface area contributed by atoms with Crippen molar-refractivity contribution in [2.45, 2.75) is 6.42 Å². The number of carboxylic acids is 1. The van der Waals surface area contributed by atoms with Crippen molar-refractivity contribution in [2.75, 3.05) is 18.1 Å². The number of amides is 1. The molecule has 7 heteroatoms. The number of nitrogens with zero attached hydrogens (tertiary/aromatic N) is 2. The number of hydrogen-bond acceptors (Lipinski definition) is 4. The number of aromatic carboxylic acids is 1. The Morgan fingerprint density at radius 2 is 2.33 bits per heavy atom. The Balaban J connectivity index is 2.39. The van der Waals surface area contributed by atoms with Crippen LogP contribution in [0.2, 0.25) is 0 Å². The van der Waals surface area contributed by atoms with Crippen LogP contribution in [0.15, 0.2) is 16.7 Å². The molecule has 0 aromatic carbocycles. The van der Waals surface area contributed by atoms with E-state index in [0.717, 1.165) is 0 Å². The van der Waals surface area contributed by atoms with E-state index in [0.29, 0.717) is 11.0 Å². The second-order valence-electron chi connectivity index (χ2n) is 4.09. The van der Waals surface area contributed by atoms with Crippen molar-refractivity contribution >= 4 is 33.6 Å². The third kappa shape index (κ3) is 2.37. The summed E-state index contributed by atoms with van der Waals surface area (Å²) >= 11 is 3.14. The number of aliphatic hydroxyl groups excluding tert-OH is 1. The molecule has 1 atom stereocenters. The smallest absolute Gasteiger partial charge is 0.339 e. The first-order valence-corrected chi connectivity index (χ1v) is 6.12. The molecule has 2 N–H and O–H groups in total. The molecule has 1 aliphatic heterocycles. The molecule has 0 saturated carbocycles. The molecule has 0 bridgehead atoms. The predicted octanol–water partition coefficient (Wildman–Crippen LogP) is 0.887. The molecule has 1 aromatic heterocycles. The largest absolute Gasteiger partial charge is 0.478 e. The van der Waals surface area contributed by atoms with Gasteiger partial charge in [-0.3, -0.25) is 9.69 Å². The number of rotatable bonds is 3. The van der Waals surface area contributed by atoms with E-state index in [1.165, 1.54) is 17.2 Å². The van der Waals surface area contributed by atoms with Gasteiger partial charge < -0.3 is 10.2 Å². The van der Waals surface area contributed by atoms with E-state index < -0.39 is 5.97 Å². The maximum Gasteiger partial charge on any atom is 0.339 e. The molecule has 6 nitrogen and oxygen atoms in total. The number of carboxylic acid groups (broad SMARTS) is 1. The van der Waals surface area contributed by atoms with Crippen molar-refractivity contribution in [2.24, 2.45) is 5.92 Å². The zero-order valence-electron chi connectivity index (χ0n) is 9.34. The third-order valence-electron chi connectivity index (χ3n) is 2.78. The molecule has 1 saturated heterocycles. The van der Waals surface area contributed by atoms with Crippen LogP contribution in [0.5, 0.6) is 0 Å². The van der Waals surface area contributed by atoms with Gasteiger partial charge in [0.2, 0.25) is 5.91 Å². The van der Waals surface area contributed by atoms with Crippen LogP contribution in [0.3, 0.4) is 0 Å².